The van der Waals surface area contributed by atoms with Crippen LogP contribution in [0.5, 0.6) is 11.5 Å². The van der Waals surface area contributed by atoms with Crippen LogP contribution in [-0.2, 0) is 11.2 Å². The number of fused-ring (bicyclic) bond motifs is 1. The maximum Gasteiger partial charge on any atom is 0.270 e. The molecule has 2 aromatic carbocycles. The number of nitrogens with zero attached hydrogens (tertiary/aromatic N) is 1. The number of aryl methyl sites for hydroxylation is 1. The summed E-state index contributed by atoms with van der Waals surface area (Å²) >= 11 is 1.49. The Labute approximate surface area is 155 Å². The van der Waals surface area contributed by atoms with Crippen LogP contribution in [0.2, 0.25) is 0 Å². The summed E-state index contributed by atoms with van der Waals surface area (Å²) in [5.41, 5.74) is 2.15. The van der Waals surface area contributed by atoms with Gasteiger partial charge in [0.15, 0.2) is 16.6 Å². The van der Waals surface area contributed by atoms with Crippen LogP contribution in [0.1, 0.15) is 16.1 Å². The van der Waals surface area contributed by atoms with Gasteiger partial charge in [0.1, 0.15) is 6.61 Å². The van der Waals surface area contributed by atoms with Crippen LogP contribution < -0.4 is 14.8 Å². The predicted molar refractivity (Wildman–Crippen MR) is 101 cm³/mol. The Kier molecular flexibility index (Phi) is 4.58. The van der Waals surface area contributed by atoms with E-state index in [1.54, 1.807) is 6.07 Å². The Balaban J connectivity index is 1.43. The molecule has 0 radical (unpaired) electrons. The summed E-state index contributed by atoms with van der Waals surface area (Å²) in [5, 5.41) is 3.44. The van der Waals surface area contributed by atoms with Crippen molar-refractivity contribution < 1.29 is 14.3 Å². The first-order valence-electron chi connectivity index (χ1n) is 8.38. The average Bonchev–Trinajstić information content (AvgIpc) is 3.01. The number of aromatic nitrogens is 1. The van der Waals surface area contributed by atoms with Gasteiger partial charge in [0, 0.05) is 11.3 Å². The minimum atomic E-state index is -0.688. The Morgan fingerprint density at radius 3 is 2.69 bits per heavy atom. The monoisotopic (exact) mass is 366 g/mol. The van der Waals surface area contributed by atoms with Crippen molar-refractivity contribution in [2.24, 2.45) is 0 Å². The molecule has 0 bridgehead atoms. The van der Waals surface area contributed by atoms with Gasteiger partial charge in [-0.3, -0.25) is 10.1 Å². The van der Waals surface area contributed by atoms with Gasteiger partial charge in [-0.05, 0) is 24.6 Å². The minimum absolute atomic E-state index is 0.185. The summed E-state index contributed by atoms with van der Waals surface area (Å²) in [6.07, 6.45) is 0.114. The van der Waals surface area contributed by atoms with Gasteiger partial charge >= 0.3 is 0 Å². The van der Waals surface area contributed by atoms with Crippen molar-refractivity contribution in [3.05, 3.63) is 70.7 Å². The fourth-order valence-electron chi connectivity index (χ4n) is 2.76. The molecule has 1 amide bonds. The third-order valence-corrected chi connectivity index (χ3v) is 5.20. The summed E-state index contributed by atoms with van der Waals surface area (Å²) in [7, 11) is 0. The molecule has 0 saturated carbocycles. The van der Waals surface area contributed by atoms with E-state index in [-0.39, 0.29) is 12.5 Å². The molecule has 1 atom stereocenters. The smallest absolute Gasteiger partial charge is 0.270 e. The second-order valence-electron chi connectivity index (χ2n) is 6.04. The first-order valence-corrected chi connectivity index (χ1v) is 9.20. The maximum absolute atomic E-state index is 12.5. The van der Waals surface area contributed by atoms with Crippen molar-refractivity contribution in [2.75, 3.05) is 11.9 Å². The molecule has 1 aliphatic rings. The summed E-state index contributed by atoms with van der Waals surface area (Å²) in [5.74, 6) is 0.991. The number of carbonyl (C=O) groups is 1. The number of amides is 1. The van der Waals surface area contributed by atoms with Gasteiger partial charge < -0.3 is 9.47 Å². The lowest BCUT2D eigenvalue weighted by molar-refractivity contribution is -0.125. The van der Waals surface area contributed by atoms with E-state index in [1.165, 1.54) is 16.9 Å². The number of thiazole rings is 1. The number of para-hydroxylation sites is 2. The van der Waals surface area contributed by atoms with E-state index in [0.29, 0.717) is 16.6 Å². The molecule has 0 saturated heterocycles. The van der Waals surface area contributed by atoms with Crippen LogP contribution in [0.4, 0.5) is 5.13 Å². The molecule has 4 rings (SSSR count). The van der Waals surface area contributed by atoms with E-state index in [0.717, 1.165) is 17.0 Å². The Hall–Kier alpha value is -2.86. The Morgan fingerprint density at radius 1 is 1.15 bits per heavy atom. The number of rotatable bonds is 4. The zero-order valence-corrected chi connectivity index (χ0v) is 15.1. The van der Waals surface area contributed by atoms with E-state index in [4.69, 9.17) is 9.47 Å². The van der Waals surface area contributed by atoms with Crippen LogP contribution in [0.15, 0.2) is 54.6 Å². The number of nitrogens with one attached hydrogen (secondary N) is 1. The van der Waals surface area contributed by atoms with Crippen molar-refractivity contribution >= 4 is 22.4 Å². The van der Waals surface area contributed by atoms with Crippen molar-refractivity contribution in [2.45, 2.75) is 19.4 Å². The van der Waals surface area contributed by atoms with Gasteiger partial charge in [0.2, 0.25) is 6.10 Å². The van der Waals surface area contributed by atoms with Crippen LogP contribution in [0, 0.1) is 6.92 Å². The molecule has 5 nitrogen and oxygen atoms in total. The molecule has 26 heavy (non-hydrogen) atoms. The van der Waals surface area contributed by atoms with Gasteiger partial charge in [-0.25, -0.2) is 4.98 Å². The molecule has 1 aliphatic heterocycles. The number of carbonyl (C=O) groups excluding carboxylic acids is 1. The topological polar surface area (TPSA) is 60.5 Å². The zero-order chi connectivity index (χ0) is 17.9. The van der Waals surface area contributed by atoms with Crippen LogP contribution >= 0.6 is 11.3 Å². The lowest BCUT2D eigenvalue weighted by Gasteiger charge is -2.25. The van der Waals surface area contributed by atoms with E-state index in [1.807, 2.05) is 43.3 Å². The number of hydrogen-bond donors (Lipinski definition) is 1. The summed E-state index contributed by atoms with van der Waals surface area (Å²) in [4.78, 5) is 18.1. The van der Waals surface area contributed by atoms with E-state index >= 15 is 0 Å². The minimum Gasteiger partial charge on any atom is -0.485 e. The van der Waals surface area contributed by atoms with Gasteiger partial charge in [0.25, 0.3) is 5.91 Å². The average molecular weight is 366 g/mol. The maximum atomic E-state index is 12.5. The summed E-state index contributed by atoms with van der Waals surface area (Å²) in [6, 6.07) is 17.5. The molecule has 3 aromatic rings. The quantitative estimate of drug-likeness (QED) is 0.763. The molecule has 0 spiro atoms. The van der Waals surface area contributed by atoms with Crippen LogP contribution in [0.25, 0.3) is 0 Å². The van der Waals surface area contributed by atoms with E-state index < -0.39 is 6.10 Å². The SMILES string of the molecule is Cc1nc(NC(=O)C2COc3ccccc3O2)sc1Cc1ccccc1. The molecule has 0 aliphatic carbocycles. The highest BCUT2D eigenvalue weighted by Gasteiger charge is 2.28. The fourth-order valence-corrected chi connectivity index (χ4v) is 3.76. The van der Waals surface area contributed by atoms with Gasteiger partial charge in [-0.15, -0.1) is 11.3 Å². The normalized spacial score (nSPS) is 15.5. The fraction of sp³-hybridized carbons (Fsp3) is 0.200. The molecule has 0 fully saturated rings. The van der Waals surface area contributed by atoms with Crippen LogP contribution in [-0.4, -0.2) is 23.6 Å². The molecular formula is C20H18N2O3S. The van der Waals surface area contributed by atoms with Crippen LogP contribution in [0.3, 0.4) is 0 Å². The molecule has 1 aromatic heterocycles. The first kappa shape index (κ1) is 16.6. The van der Waals surface area contributed by atoms with Crippen molar-refractivity contribution in [3.8, 4) is 11.5 Å². The van der Waals surface area contributed by atoms with Gasteiger partial charge in [-0.1, -0.05) is 42.5 Å². The molecule has 2 heterocycles. The lowest BCUT2D eigenvalue weighted by Crippen LogP contribution is -2.40. The summed E-state index contributed by atoms with van der Waals surface area (Å²) in [6.45, 7) is 2.14. The third kappa shape index (κ3) is 3.55. The highest BCUT2D eigenvalue weighted by molar-refractivity contribution is 7.15. The Bertz CT molecular complexity index is 924. The molecular weight excluding hydrogens is 348 g/mol. The largest absolute Gasteiger partial charge is 0.485 e. The molecule has 1 unspecified atom stereocenters. The molecule has 132 valence electrons. The predicted octanol–water partition coefficient (Wildman–Crippen LogP) is 3.82. The van der Waals surface area contributed by atoms with Crippen molar-refractivity contribution in [1.82, 2.24) is 4.98 Å². The van der Waals surface area contributed by atoms with Crippen molar-refractivity contribution in [3.63, 3.8) is 0 Å². The summed E-state index contributed by atoms with van der Waals surface area (Å²) < 4.78 is 11.3. The zero-order valence-electron chi connectivity index (χ0n) is 14.3. The Morgan fingerprint density at radius 2 is 1.88 bits per heavy atom. The standard InChI is InChI=1S/C20H18N2O3S/c1-13-18(11-14-7-3-2-4-8-14)26-20(21-13)22-19(23)17-12-24-15-9-5-6-10-16(15)25-17/h2-10,17H,11-12H2,1H3,(H,21,22,23). The number of benzene rings is 2. The number of hydrogen-bond acceptors (Lipinski definition) is 5. The number of ether oxygens (including phenoxy) is 2. The first-order chi connectivity index (χ1) is 12.7. The highest BCUT2D eigenvalue weighted by atomic mass is 32.1. The van der Waals surface area contributed by atoms with E-state index in [2.05, 4.69) is 22.4 Å². The second kappa shape index (κ2) is 7.17. The third-order valence-electron chi connectivity index (χ3n) is 4.13. The lowest BCUT2D eigenvalue weighted by atomic mass is 10.1. The molecule has 1 N–H and O–H groups in total. The highest BCUT2D eigenvalue weighted by Crippen LogP contribution is 2.31. The van der Waals surface area contributed by atoms with Crippen molar-refractivity contribution in [1.29, 1.82) is 0 Å². The van der Waals surface area contributed by atoms with Gasteiger partial charge in [-0.2, -0.15) is 0 Å². The van der Waals surface area contributed by atoms with Gasteiger partial charge in [0.05, 0.1) is 5.69 Å². The van der Waals surface area contributed by atoms with E-state index in [9.17, 15) is 4.79 Å². The number of anilines is 1. The second-order valence-corrected chi connectivity index (χ2v) is 7.13. The molecule has 6 heteroatoms.